The molecule has 0 radical (unpaired) electrons. The topological polar surface area (TPSA) is 194 Å². The summed E-state index contributed by atoms with van der Waals surface area (Å²) in [5.74, 6) is 3.46. The minimum Gasteiger partial charge on any atom is -0.382 e. The van der Waals surface area contributed by atoms with E-state index in [4.69, 9.17) is 24.3 Å². The minimum atomic E-state index is -0.969. The van der Waals surface area contributed by atoms with E-state index in [0.29, 0.717) is 29.0 Å². The van der Waals surface area contributed by atoms with E-state index in [1.807, 2.05) is 11.9 Å². The summed E-state index contributed by atoms with van der Waals surface area (Å²) in [6.45, 7) is 0.452. The first-order chi connectivity index (χ1) is 18.7. The second-order valence-electron chi connectivity index (χ2n) is 8.37. The molecule has 2 heterocycles. The summed E-state index contributed by atoms with van der Waals surface area (Å²) in [5, 5.41) is 7.71. The lowest BCUT2D eigenvalue weighted by Crippen LogP contribution is -2.47. The van der Waals surface area contributed by atoms with Crippen LogP contribution in [0.2, 0.25) is 0 Å². The number of carbonyl (C=O) groups excluding carboxylic acids is 3. The van der Waals surface area contributed by atoms with E-state index in [1.165, 1.54) is 0 Å². The molecule has 2 aromatic heterocycles. The number of carbonyl (C=O) groups is 3. The second-order valence-corrected chi connectivity index (χ2v) is 8.37. The highest BCUT2D eigenvalue weighted by molar-refractivity contribution is 5.98. The van der Waals surface area contributed by atoms with Crippen LogP contribution in [0.15, 0.2) is 30.5 Å². The number of nitrogen functional groups attached to an aromatic ring is 2. The van der Waals surface area contributed by atoms with Crippen LogP contribution in [-0.2, 0) is 16.1 Å². The molecule has 0 aliphatic heterocycles. The van der Waals surface area contributed by atoms with Crippen molar-refractivity contribution in [1.82, 2.24) is 35.9 Å². The van der Waals surface area contributed by atoms with Crippen molar-refractivity contribution < 1.29 is 14.4 Å². The van der Waals surface area contributed by atoms with Gasteiger partial charge in [-0.05, 0) is 30.7 Å². The van der Waals surface area contributed by atoms with Crippen LogP contribution in [0.1, 0.15) is 28.9 Å². The summed E-state index contributed by atoms with van der Waals surface area (Å²) >= 11 is 0. The Hall–Kier alpha value is -5.43. The van der Waals surface area contributed by atoms with Gasteiger partial charge < -0.3 is 32.3 Å². The standard InChI is InChI=1S/C26H28N10O3/c1-4-12-29-20(37)11-10-19(25(39)30-13-5-2)33-24(38)16-6-8-18(9-7-16)36(3)15-17-14-31-23-21(32-17)22(27)34-26(28)35-23/h1-2,6-9,14,19H,10-13,15H2,3H3,(H,29,37)(H,30,39)(H,33,38)(H4,27,28,31,34,35). The van der Waals surface area contributed by atoms with Crippen LogP contribution in [0.4, 0.5) is 17.5 Å². The molecule has 0 saturated heterocycles. The maximum absolute atomic E-state index is 12.9. The molecule has 13 nitrogen and oxygen atoms in total. The molecule has 3 aromatic rings. The van der Waals surface area contributed by atoms with Gasteiger partial charge in [-0.15, -0.1) is 12.8 Å². The van der Waals surface area contributed by atoms with E-state index in [1.54, 1.807) is 30.5 Å². The number of nitrogens with one attached hydrogen (secondary N) is 3. The Morgan fingerprint density at radius 3 is 2.41 bits per heavy atom. The van der Waals surface area contributed by atoms with Crippen LogP contribution < -0.4 is 32.3 Å². The van der Waals surface area contributed by atoms with Crippen molar-refractivity contribution in [2.24, 2.45) is 0 Å². The Bertz CT molecular complexity index is 1440. The lowest BCUT2D eigenvalue weighted by atomic mass is 10.1. The molecule has 0 fully saturated rings. The van der Waals surface area contributed by atoms with Crippen LogP contribution in [0.3, 0.4) is 0 Å². The van der Waals surface area contributed by atoms with Gasteiger partial charge in [0.05, 0.1) is 31.5 Å². The minimum absolute atomic E-state index is 0.00914. The average molecular weight is 529 g/mol. The molecule has 13 heteroatoms. The fourth-order valence-electron chi connectivity index (χ4n) is 3.55. The Morgan fingerprint density at radius 2 is 1.72 bits per heavy atom. The highest BCUT2D eigenvalue weighted by Crippen LogP contribution is 2.19. The summed E-state index contributed by atoms with van der Waals surface area (Å²) in [5.41, 5.74) is 13.9. The molecule has 0 saturated carbocycles. The maximum Gasteiger partial charge on any atom is 0.251 e. The molecule has 0 spiro atoms. The SMILES string of the molecule is C#CCNC(=O)CCC(NC(=O)c1ccc(N(C)Cc2cnc3nc(N)nc(N)c3n2)cc1)C(=O)NCC#C. The molecule has 0 bridgehead atoms. The smallest absolute Gasteiger partial charge is 0.251 e. The van der Waals surface area contributed by atoms with Gasteiger partial charge in [0.2, 0.25) is 17.8 Å². The van der Waals surface area contributed by atoms with Gasteiger partial charge in [0, 0.05) is 24.7 Å². The number of hydrogen-bond donors (Lipinski definition) is 5. The number of hydrogen-bond acceptors (Lipinski definition) is 10. The first-order valence-electron chi connectivity index (χ1n) is 11.8. The van der Waals surface area contributed by atoms with Crippen molar-refractivity contribution in [3.63, 3.8) is 0 Å². The summed E-state index contributed by atoms with van der Waals surface area (Å²) in [6, 6.07) is 5.78. The van der Waals surface area contributed by atoms with Crippen LogP contribution in [0, 0.1) is 24.7 Å². The van der Waals surface area contributed by atoms with Crippen molar-refractivity contribution >= 4 is 46.3 Å². The van der Waals surface area contributed by atoms with Gasteiger partial charge in [-0.2, -0.15) is 9.97 Å². The maximum atomic E-state index is 12.9. The number of nitrogens with zero attached hydrogens (tertiary/aromatic N) is 5. The van der Waals surface area contributed by atoms with Crippen molar-refractivity contribution in [1.29, 1.82) is 0 Å². The molecule has 1 aromatic carbocycles. The number of amides is 3. The van der Waals surface area contributed by atoms with E-state index in [9.17, 15) is 14.4 Å². The number of terminal acetylenes is 2. The summed E-state index contributed by atoms with van der Waals surface area (Å²) in [7, 11) is 1.85. The first-order valence-corrected chi connectivity index (χ1v) is 11.8. The molecule has 1 unspecified atom stereocenters. The van der Waals surface area contributed by atoms with E-state index in [0.717, 1.165) is 5.69 Å². The zero-order valence-corrected chi connectivity index (χ0v) is 21.3. The molecule has 7 N–H and O–H groups in total. The van der Waals surface area contributed by atoms with Gasteiger partial charge in [-0.1, -0.05) is 11.8 Å². The van der Waals surface area contributed by atoms with E-state index in [2.05, 4.69) is 47.7 Å². The van der Waals surface area contributed by atoms with Crippen LogP contribution in [0.25, 0.3) is 11.2 Å². The number of rotatable bonds is 11. The second kappa shape index (κ2) is 13.2. The quantitative estimate of drug-likeness (QED) is 0.204. The predicted molar refractivity (Wildman–Crippen MR) is 147 cm³/mol. The predicted octanol–water partition coefficient (Wildman–Crippen LogP) is -0.402. The molecule has 3 amide bonds. The fraction of sp³-hybridized carbons (Fsp3) is 0.269. The zero-order chi connectivity index (χ0) is 28.4. The van der Waals surface area contributed by atoms with E-state index >= 15 is 0 Å². The lowest BCUT2D eigenvalue weighted by molar-refractivity contribution is -0.123. The van der Waals surface area contributed by atoms with Gasteiger partial charge in [-0.25, -0.2) is 9.97 Å². The van der Waals surface area contributed by atoms with Crippen LogP contribution in [-0.4, -0.2) is 63.8 Å². The Labute approximate surface area is 225 Å². The van der Waals surface area contributed by atoms with Gasteiger partial charge in [0.15, 0.2) is 17.0 Å². The third-order valence-electron chi connectivity index (χ3n) is 5.50. The monoisotopic (exact) mass is 528 g/mol. The van der Waals surface area contributed by atoms with Crippen LogP contribution >= 0.6 is 0 Å². The number of anilines is 3. The normalized spacial score (nSPS) is 11.1. The fourth-order valence-corrected chi connectivity index (χ4v) is 3.55. The number of aromatic nitrogens is 4. The van der Waals surface area contributed by atoms with Crippen LogP contribution in [0.5, 0.6) is 0 Å². The third kappa shape index (κ3) is 7.77. The van der Waals surface area contributed by atoms with Crippen molar-refractivity contribution in [2.75, 3.05) is 36.5 Å². The molecule has 0 aliphatic carbocycles. The summed E-state index contributed by atoms with van der Waals surface area (Å²) in [4.78, 5) is 55.9. The zero-order valence-electron chi connectivity index (χ0n) is 21.3. The highest BCUT2D eigenvalue weighted by Gasteiger charge is 2.22. The van der Waals surface area contributed by atoms with Gasteiger partial charge in [-0.3, -0.25) is 14.4 Å². The highest BCUT2D eigenvalue weighted by atomic mass is 16.2. The molecule has 0 aliphatic rings. The summed E-state index contributed by atoms with van der Waals surface area (Å²) < 4.78 is 0. The molecular formula is C26H28N10O3. The number of benzene rings is 1. The average Bonchev–Trinajstić information content (AvgIpc) is 2.92. The van der Waals surface area contributed by atoms with Crippen molar-refractivity contribution in [3.05, 3.63) is 41.7 Å². The Morgan fingerprint density at radius 1 is 1.03 bits per heavy atom. The number of fused-ring (bicyclic) bond motifs is 1. The van der Waals surface area contributed by atoms with E-state index < -0.39 is 17.9 Å². The molecule has 1 atom stereocenters. The first kappa shape index (κ1) is 28.1. The van der Waals surface area contributed by atoms with Gasteiger partial charge in [0.1, 0.15) is 6.04 Å². The molecular weight excluding hydrogens is 500 g/mol. The van der Waals surface area contributed by atoms with Crippen molar-refractivity contribution in [2.45, 2.75) is 25.4 Å². The summed E-state index contributed by atoms with van der Waals surface area (Å²) in [6.07, 6.45) is 12.0. The lowest BCUT2D eigenvalue weighted by Gasteiger charge is -2.20. The van der Waals surface area contributed by atoms with E-state index in [-0.39, 0.29) is 43.6 Å². The van der Waals surface area contributed by atoms with Gasteiger partial charge >= 0.3 is 0 Å². The molecule has 39 heavy (non-hydrogen) atoms. The number of nitrogens with two attached hydrogens (primary N) is 2. The largest absolute Gasteiger partial charge is 0.382 e. The molecule has 200 valence electrons. The Balaban J connectivity index is 1.66. The van der Waals surface area contributed by atoms with Crippen molar-refractivity contribution in [3.8, 4) is 24.7 Å². The molecule has 3 rings (SSSR count). The Kier molecular flexibility index (Phi) is 9.53. The van der Waals surface area contributed by atoms with Gasteiger partial charge in [0.25, 0.3) is 5.91 Å². The third-order valence-corrected chi connectivity index (χ3v) is 5.50.